The molecule has 8 heteroatoms. The number of hydrogen-bond donors (Lipinski definition) is 2. The van der Waals surface area contributed by atoms with Crippen molar-refractivity contribution in [3.63, 3.8) is 0 Å². The van der Waals surface area contributed by atoms with E-state index in [1.165, 1.54) is 0 Å². The van der Waals surface area contributed by atoms with Crippen molar-refractivity contribution < 1.29 is 29.3 Å². The number of aliphatic hydroxyl groups is 2. The lowest BCUT2D eigenvalue weighted by atomic mass is 9.58. The van der Waals surface area contributed by atoms with Crippen LogP contribution in [0.4, 0.5) is 0 Å². The molecule has 1 aromatic rings. The number of carbonyl (C=O) groups is 2. The van der Waals surface area contributed by atoms with Crippen LogP contribution in [-0.2, 0) is 19.1 Å². The fourth-order valence-electron chi connectivity index (χ4n) is 5.07. The SMILES string of the molecule is C#CC[C@H]1C(=O)C2(CCC2)[C@@H](O)CC(=O)O[C@H](/C(C)=C/c2csc(C)n2)C/C=C(/C)CCO[C@H](C)[C@H]1O. The second kappa shape index (κ2) is 13.0. The summed E-state index contributed by atoms with van der Waals surface area (Å²) in [7, 11) is 0. The van der Waals surface area contributed by atoms with Crippen LogP contribution < -0.4 is 0 Å². The highest BCUT2D eigenvalue weighted by atomic mass is 32.1. The number of aliphatic hydroxyl groups excluding tert-OH is 2. The minimum atomic E-state index is -1.22. The maximum atomic E-state index is 13.7. The van der Waals surface area contributed by atoms with Gasteiger partial charge in [0.05, 0.1) is 53.4 Å². The molecule has 1 aromatic heterocycles. The highest BCUT2D eigenvalue weighted by Gasteiger charge is 2.53. The minimum absolute atomic E-state index is 0.0354. The molecule has 202 valence electrons. The summed E-state index contributed by atoms with van der Waals surface area (Å²) in [6, 6.07) is 0. The van der Waals surface area contributed by atoms with Gasteiger partial charge in [0, 0.05) is 18.2 Å². The molecule has 7 nitrogen and oxygen atoms in total. The number of thiazole rings is 1. The number of aromatic nitrogens is 1. The number of nitrogens with zero attached hydrogens (tertiary/aromatic N) is 1. The summed E-state index contributed by atoms with van der Waals surface area (Å²) >= 11 is 1.55. The van der Waals surface area contributed by atoms with Crippen LogP contribution in [0.5, 0.6) is 0 Å². The first-order valence-electron chi connectivity index (χ1n) is 13.0. The topological polar surface area (TPSA) is 106 Å². The second-order valence-electron chi connectivity index (χ2n) is 10.4. The summed E-state index contributed by atoms with van der Waals surface area (Å²) < 4.78 is 11.8. The van der Waals surface area contributed by atoms with Gasteiger partial charge in [-0.2, -0.15) is 0 Å². The van der Waals surface area contributed by atoms with Crippen molar-refractivity contribution in [3.8, 4) is 12.3 Å². The minimum Gasteiger partial charge on any atom is -0.457 e. The Balaban J connectivity index is 1.90. The number of ketones is 1. The van der Waals surface area contributed by atoms with Crippen molar-refractivity contribution in [3.05, 3.63) is 33.3 Å². The van der Waals surface area contributed by atoms with Crippen LogP contribution in [0.15, 0.2) is 22.6 Å². The molecule has 1 saturated carbocycles. The van der Waals surface area contributed by atoms with Gasteiger partial charge in [-0.15, -0.1) is 23.7 Å². The molecule has 2 N–H and O–H groups in total. The van der Waals surface area contributed by atoms with Crippen LogP contribution in [-0.4, -0.2) is 58.0 Å². The Labute approximate surface area is 224 Å². The molecule has 2 heterocycles. The van der Waals surface area contributed by atoms with Gasteiger partial charge in [-0.1, -0.05) is 18.1 Å². The Morgan fingerprint density at radius 3 is 2.65 bits per heavy atom. The van der Waals surface area contributed by atoms with Gasteiger partial charge in [0.1, 0.15) is 11.9 Å². The molecule has 0 bridgehead atoms. The first kappa shape index (κ1) is 29.2. The molecule has 1 aliphatic carbocycles. The number of terminal acetylenes is 1. The summed E-state index contributed by atoms with van der Waals surface area (Å²) in [5.74, 6) is 0.755. The smallest absolute Gasteiger partial charge is 0.309 e. The van der Waals surface area contributed by atoms with Gasteiger partial charge in [-0.25, -0.2) is 4.98 Å². The third-order valence-corrected chi connectivity index (χ3v) is 8.45. The Kier molecular flexibility index (Phi) is 10.3. The fourth-order valence-corrected chi connectivity index (χ4v) is 5.64. The Morgan fingerprint density at radius 2 is 2.05 bits per heavy atom. The molecule has 0 radical (unpaired) electrons. The number of aryl methyl sites for hydroxylation is 1. The third-order valence-electron chi connectivity index (χ3n) is 7.65. The van der Waals surface area contributed by atoms with Crippen LogP contribution in [0.1, 0.15) is 76.4 Å². The molecular weight excluding hydrogens is 490 g/mol. The summed E-state index contributed by atoms with van der Waals surface area (Å²) in [5.41, 5.74) is 1.59. The number of cyclic esters (lactones) is 1. The Morgan fingerprint density at radius 1 is 1.32 bits per heavy atom. The molecule has 2 aliphatic rings. The van der Waals surface area contributed by atoms with Gasteiger partial charge in [0.2, 0.25) is 0 Å². The normalized spacial score (nSPS) is 31.6. The maximum absolute atomic E-state index is 13.7. The van der Waals surface area contributed by atoms with Gasteiger partial charge < -0.3 is 19.7 Å². The zero-order valence-electron chi connectivity index (χ0n) is 22.2. The van der Waals surface area contributed by atoms with Crippen molar-refractivity contribution in [1.29, 1.82) is 0 Å². The molecule has 1 spiro atoms. The van der Waals surface area contributed by atoms with Crippen molar-refractivity contribution in [1.82, 2.24) is 4.98 Å². The van der Waals surface area contributed by atoms with E-state index < -0.39 is 41.7 Å². The van der Waals surface area contributed by atoms with Crippen molar-refractivity contribution in [2.45, 2.75) is 97.1 Å². The fraction of sp³-hybridized carbons (Fsp3) is 0.621. The predicted octanol–water partition coefficient (Wildman–Crippen LogP) is 4.40. The monoisotopic (exact) mass is 529 g/mol. The highest BCUT2D eigenvalue weighted by Crippen LogP contribution is 2.48. The van der Waals surface area contributed by atoms with E-state index in [1.807, 2.05) is 38.3 Å². The van der Waals surface area contributed by atoms with Crippen LogP contribution in [0.2, 0.25) is 0 Å². The molecule has 0 unspecified atom stereocenters. The average Bonchev–Trinajstić information content (AvgIpc) is 3.22. The largest absolute Gasteiger partial charge is 0.457 e. The number of carbonyl (C=O) groups excluding carboxylic acids is 2. The number of Topliss-reactive ketones (excluding diaryl/α,β-unsaturated/α-hetero) is 1. The lowest BCUT2D eigenvalue weighted by molar-refractivity contribution is -0.163. The first-order valence-corrected chi connectivity index (χ1v) is 13.9. The molecule has 0 saturated heterocycles. The van der Waals surface area contributed by atoms with Crippen LogP contribution >= 0.6 is 11.3 Å². The molecule has 0 amide bonds. The van der Waals surface area contributed by atoms with Gasteiger partial charge in [0.15, 0.2) is 0 Å². The molecule has 5 atom stereocenters. The van der Waals surface area contributed by atoms with Crippen LogP contribution in [0.3, 0.4) is 0 Å². The Bertz CT molecular complexity index is 1060. The molecule has 0 aromatic carbocycles. The lowest BCUT2D eigenvalue weighted by Crippen LogP contribution is -2.54. The third kappa shape index (κ3) is 7.17. The van der Waals surface area contributed by atoms with E-state index in [-0.39, 0.29) is 18.6 Å². The number of ether oxygens (including phenoxy) is 2. The average molecular weight is 530 g/mol. The molecule has 3 rings (SSSR count). The second-order valence-corrected chi connectivity index (χ2v) is 11.4. The van der Waals surface area contributed by atoms with Crippen LogP contribution in [0.25, 0.3) is 6.08 Å². The quantitative estimate of drug-likeness (QED) is 0.340. The lowest BCUT2D eigenvalue weighted by Gasteiger charge is -2.46. The van der Waals surface area contributed by atoms with Gasteiger partial charge in [-0.3, -0.25) is 9.59 Å². The summed E-state index contributed by atoms with van der Waals surface area (Å²) in [6.45, 7) is 7.91. The van der Waals surface area contributed by atoms with Gasteiger partial charge in [-0.05, 0) is 58.6 Å². The standard InChI is InChI=1S/C29H39NO6S/c1-6-8-23-27(33)20(4)35-14-11-18(2)9-10-24(19(3)15-22-17-37-21(5)30-22)36-26(32)16-25(31)29(28(23)34)12-7-13-29/h1,9,15,17,20,23-25,27,31,33H,7-8,10-14,16H2,2-5H3/b18-9-,19-15+/t20-,23-,24+,25+,27-/m1/s1. The predicted molar refractivity (Wildman–Crippen MR) is 144 cm³/mol. The summed E-state index contributed by atoms with van der Waals surface area (Å²) in [6.07, 6.45) is 8.46. The molecule has 1 fully saturated rings. The van der Waals surface area contributed by atoms with E-state index in [0.717, 1.165) is 28.3 Å². The van der Waals surface area contributed by atoms with Crippen molar-refractivity contribution in [2.24, 2.45) is 11.3 Å². The van der Waals surface area contributed by atoms with E-state index >= 15 is 0 Å². The van der Waals surface area contributed by atoms with Crippen molar-refractivity contribution >= 4 is 29.2 Å². The number of rotatable bonds is 3. The van der Waals surface area contributed by atoms with Gasteiger partial charge >= 0.3 is 5.97 Å². The van der Waals surface area contributed by atoms with Crippen LogP contribution in [0, 0.1) is 30.6 Å². The van der Waals surface area contributed by atoms with Gasteiger partial charge in [0.25, 0.3) is 0 Å². The number of esters is 1. The maximum Gasteiger partial charge on any atom is 0.309 e. The molecule has 1 aliphatic heterocycles. The van der Waals surface area contributed by atoms with E-state index in [2.05, 4.69) is 10.9 Å². The number of hydrogen-bond acceptors (Lipinski definition) is 8. The molecule has 37 heavy (non-hydrogen) atoms. The Hall–Kier alpha value is -2.31. The summed E-state index contributed by atoms with van der Waals surface area (Å²) in [5, 5.41) is 25.0. The van der Waals surface area contributed by atoms with E-state index in [4.69, 9.17) is 15.9 Å². The highest BCUT2D eigenvalue weighted by molar-refractivity contribution is 7.09. The molecular formula is C29H39NO6S. The van der Waals surface area contributed by atoms with E-state index in [1.54, 1.807) is 18.3 Å². The van der Waals surface area contributed by atoms with E-state index in [0.29, 0.717) is 32.3 Å². The summed E-state index contributed by atoms with van der Waals surface area (Å²) in [4.78, 5) is 31.2. The zero-order chi connectivity index (χ0) is 27.2. The van der Waals surface area contributed by atoms with E-state index in [9.17, 15) is 19.8 Å². The first-order chi connectivity index (χ1) is 17.6. The zero-order valence-corrected chi connectivity index (χ0v) is 23.1. The van der Waals surface area contributed by atoms with Crippen molar-refractivity contribution in [2.75, 3.05) is 6.61 Å².